The van der Waals surface area contributed by atoms with Gasteiger partial charge in [-0.15, -0.1) is 0 Å². The molecule has 2 nitrogen and oxygen atoms in total. The van der Waals surface area contributed by atoms with Gasteiger partial charge in [0.1, 0.15) is 17.4 Å². The minimum atomic E-state index is -0.676. The number of rotatable bonds is 4. The van der Waals surface area contributed by atoms with Gasteiger partial charge in [-0.2, -0.15) is 0 Å². The molecule has 1 unspecified atom stereocenters. The van der Waals surface area contributed by atoms with Crippen LogP contribution in [-0.4, -0.2) is 14.2 Å². The summed E-state index contributed by atoms with van der Waals surface area (Å²) in [5, 5.41) is 3.38. The molecule has 0 radical (unpaired) electrons. The van der Waals surface area contributed by atoms with E-state index < -0.39 is 17.7 Å². The van der Waals surface area contributed by atoms with Crippen LogP contribution >= 0.6 is 27.5 Å². The Balaban J connectivity index is 2.53. The van der Waals surface area contributed by atoms with Crippen LogP contribution in [0.2, 0.25) is 5.02 Å². The molecule has 2 aromatic rings. The van der Waals surface area contributed by atoms with Crippen molar-refractivity contribution in [2.24, 2.45) is 0 Å². The highest BCUT2D eigenvalue weighted by Gasteiger charge is 2.22. The van der Waals surface area contributed by atoms with Crippen molar-refractivity contribution in [3.05, 3.63) is 62.6 Å². The fraction of sp³-hybridized carbons (Fsp3) is 0.200. The van der Waals surface area contributed by atoms with Crippen LogP contribution in [0.25, 0.3) is 0 Å². The van der Waals surface area contributed by atoms with Gasteiger partial charge >= 0.3 is 0 Å². The van der Waals surface area contributed by atoms with Gasteiger partial charge in [-0.25, -0.2) is 8.78 Å². The van der Waals surface area contributed by atoms with Gasteiger partial charge in [0.2, 0.25) is 0 Å². The maximum Gasteiger partial charge on any atom is 0.134 e. The lowest BCUT2D eigenvalue weighted by atomic mass is 9.97. The van der Waals surface area contributed by atoms with Gasteiger partial charge in [0.05, 0.1) is 18.2 Å². The van der Waals surface area contributed by atoms with E-state index in [1.807, 2.05) is 0 Å². The molecule has 0 bridgehead atoms. The molecule has 0 aliphatic heterocycles. The van der Waals surface area contributed by atoms with Crippen molar-refractivity contribution in [1.82, 2.24) is 5.32 Å². The second-order valence-electron chi connectivity index (χ2n) is 4.40. The van der Waals surface area contributed by atoms with E-state index in [-0.39, 0.29) is 11.3 Å². The first kappa shape index (κ1) is 16.2. The molecule has 2 rings (SSSR count). The third-order valence-electron chi connectivity index (χ3n) is 3.14. The summed E-state index contributed by atoms with van der Waals surface area (Å²) in [6.45, 7) is 0. The first-order valence-corrected chi connectivity index (χ1v) is 7.30. The first-order chi connectivity index (χ1) is 9.97. The second-order valence-corrected chi connectivity index (χ2v) is 5.66. The lowest BCUT2D eigenvalue weighted by Crippen LogP contribution is -2.20. The molecule has 6 heteroatoms. The molecular formula is C15H13BrClF2NO. The minimum Gasteiger partial charge on any atom is -0.497 e. The summed E-state index contributed by atoms with van der Waals surface area (Å²) >= 11 is 9.33. The van der Waals surface area contributed by atoms with Crippen molar-refractivity contribution in [3.8, 4) is 5.75 Å². The molecule has 0 aliphatic rings. The predicted octanol–water partition coefficient (Wildman–Crippen LogP) is 4.70. The molecule has 1 N–H and O–H groups in total. The van der Waals surface area contributed by atoms with Gasteiger partial charge in [-0.3, -0.25) is 0 Å². The van der Waals surface area contributed by atoms with E-state index in [1.54, 1.807) is 25.2 Å². The Hall–Kier alpha value is -1.17. The zero-order valence-electron chi connectivity index (χ0n) is 11.4. The van der Waals surface area contributed by atoms with Crippen LogP contribution in [0, 0.1) is 11.6 Å². The van der Waals surface area contributed by atoms with E-state index in [9.17, 15) is 8.78 Å². The minimum absolute atomic E-state index is 0.0725. The zero-order valence-corrected chi connectivity index (χ0v) is 13.7. The largest absolute Gasteiger partial charge is 0.497 e. The van der Waals surface area contributed by atoms with Gasteiger partial charge in [-0.1, -0.05) is 17.7 Å². The summed E-state index contributed by atoms with van der Waals surface area (Å²) in [6, 6.07) is 6.81. The van der Waals surface area contributed by atoms with Gasteiger partial charge < -0.3 is 10.1 Å². The molecule has 0 amide bonds. The van der Waals surface area contributed by atoms with Gasteiger partial charge in [0, 0.05) is 22.2 Å². The topological polar surface area (TPSA) is 21.3 Å². The van der Waals surface area contributed by atoms with Crippen molar-refractivity contribution >= 4 is 27.5 Å². The highest BCUT2D eigenvalue weighted by molar-refractivity contribution is 9.10. The zero-order chi connectivity index (χ0) is 15.6. The first-order valence-electron chi connectivity index (χ1n) is 6.13. The van der Waals surface area contributed by atoms with Crippen LogP contribution in [0.4, 0.5) is 8.78 Å². The quantitative estimate of drug-likeness (QED) is 0.835. The second kappa shape index (κ2) is 6.73. The maximum absolute atomic E-state index is 14.2. The van der Waals surface area contributed by atoms with Gasteiger partial charge in [0.25, 0.3) is 0 Å². The maximum atomic E-state index is 14.2. The van der Waals surface area contributed by atoms with Gasteiger partial charge in [0.15, 0.2) is 0 Å². The number of nitrogens with one attached hydrogen (secondary N) is 1. The third kappa shape index (κ3) is 3.36. The van der Waals surface area contributed by atoms with Crippen molar-refractivity contribution in [3.63, 3.8) is 0 Å². The monoisotopic (exact) mass is 375 g/mol. The highest BCUT2D eigenvalue weighted by Crippen LogP contribution is 2.32. The SMILES string of the molecule is CNC(c1ccc(Br)c(Cl)c1)c1c(F)cc(OC)cc1F. The Kier molecular flexibility index (Phi) is 5.19. The molecule has 0 aromatic heterocycles. The summed E-state index contributed by atoms with van der Waals surface area (Å²) in [6.07, 6.45) is 0. The standard InChI is InChI=1S/C15H13BrClF2NO/c1-20-15(8-3-4-10(16)11(17)5-8)14-12(18)6-9(21-2)7-13(14)19/h3-7,15,20H,1-2H3. The summed E-state index contributed by atoms with van der Waals surface area (Å²) in [5.41, 5.74) is 0.588. The van der Waals surface area contributed by atoms with E-state index in [1.165, 1.54) is 7.11 Å². The summed E-state index contributed by atoms with van der Waals surface area (Å²) < 4.78 is 34.0. The Morgan fingerprint density at radius 2 is 1.81 bits per heavy atom. The van der Waals surface area contributed by atoms with E-state index in [2.05, 4.69) is 21.2 Å². The summed E-state index contributed by atoms with van der Waals surface area (Å²) in [5.74, 6) is -1.21. The molecule has 2 aromatic carbocycles. The number of benzene rings is 2. The number of halogens is 4. The molecule has 0 aliphatic carbocycles. The molecular weight excluding hydrogens is 364 g/mol. The van der Waals surface area contributed by atoms with Crippen LogP contribution in [-0.2, 0) is 0 Å². The van der Waals surface area contributed by atoms with Gasteiger partial charge in [-0.05, 0) is 40.7 Å². The molecule has 0 spiro atoms. The van der Waals surface area contributed by atoms with Crippen molar-refractivity contribution < 1.29 is 13.5 Å². The number of hydrogen-bond acceptors (Lipinski definition) is 2. The number of methoxy groups -OCH3 is 1. The lowest BCUT2D eigenvalue weighted by molar-refractivity contribution is 0.403. The Labute approximate surface area is 135 Å². The average Bonchev–Trinajstić information content (AvgIpc) is 2.45. The molecule has 0 heterocycles. The van der Waals surface area contributed by atoms with Crippen molar-refractivity contribution in [1.29, 1.82) is 0 Å². The summed E-state index contributed by atoms with van der Waals surface area (Å²) in [7, 11) is 2.99. The van der Waals surface area contributed by atoms with E-state index in [0.29, 0.717) is 10.6 Å². The molecule has 112 valence electrons. The Morgan fingerprint density at radius 3 is 2.29 bits per heavy atom. The predicted molar refractivity (Wildman–Crippen MR) is 83.0 cm³/mol. The number of ether oxygens (including phenoxy) is 1. The van der Waals surface area contributed by atoms with E-state index in [4.69, 9.17) is 16.3 Å². The molecule has 1 atom stereocenters. The molecule has 0 saturated heterocycles. The highest BCUT2D eigenvalue weighted by atomic mass is 79.9. The smallest absolute Gasteiger partial charge is 0.134 e. The lowest BCUT2D eigenvalue weighted by Gasteiger charge is -2.19. The Morgan fingerprint density at radius 1 is 1.19 bits per heavy atom. The normalized spacial score (nSPS) is 12.3. The van der Waals surface area contributed by atoms with E-state index >= 15 is 0 Å². The van der Waals surface area contributed by atoms with Crippen LogP contribution in [0.15, 0.2) is 34.8 Å². The van der Waals surface area contributed by atoms with Crippen LogP contribution < -0.4 is 10.1 Å². The molecule has 0 fully saturated rings. The third-order valence-corrected chi connectivity index (χ3v) is 4.38. The van der Waals surface area contributed by atoms with E-state index in [0.717, 1.165) is 16.6 Å². The Bertz CT molecular complexity index is 643. The van der Waals surface area contributed by atoms with Crippen molar-refractivity contribution in [2.75, 3.05) is 14.2 Å². The molecule has 0 saturated carbocycles. The molecule has 21 heavy (non-hydrogen) atoms. The fourth-order valence-corrected chi connectivity index (χ4v) is 2.56. The van der Waals surface area contributed by atoms with Crippen LogP contribution in [0.3, 0.4) is 0 Å². The van der Waals surface area contributed by atoms with Crippen molar-refractivity contribution in [2.45, 2.75) is 6.04 Å². The van der Waals surface area contributed by atoms with Crippen LogP contribution in [0.1, 0.15) is 17.2 Å². The number of hydrogen-bond donors (Lipinski definition) is 1. The van der Waals surface area contributed by atoms with Crippen LogP contribution in [0.5, 0.6) is 5.75 Å². The fourth-order valence-electron chi connectivity index (χ4n) is 2.12. The summed E-state index contributed by atoms with van der Waals surface area (Å²) in [4.78, 5) is 0. The average molecular weight is 377 g/mol.